The Kier molecular flexibility index (Phi) is 12.6. The van der Waals surface area contributed by atoms with Gasteiger partial charge in [0.2, 0.25) is 0 Å². The predicted molar refractivity (Wildman–Crippen MR) is 172 cm³/mol. The highest BCUT2D eigenvalue weighted by atomic mass is 35.5. The van der Waals surface area contributed by atoms with Gasteiger partial charge in [0, 0.05) is 44.5 Å². The molecule has 2 atom stereocenters. The molecule has 0 fully saturated rings. The molecule has 2 unspecified atom stereocenters. The average Bonchev–Trinajstić information content (AvgIpc) is 2.98. The number of nitrogens with two attached hydrogens (primary N) is 1. The van der Waals surface area contributed by atoms with Crippen molar-refractivity contribution in [2.24, 2.45) is 5.73 Å². The summed E-state index contributed by atoms with van der Waals surface area (Å²) in [4.78, 5) is 29.4. The van der Waals surface area contributed by atoms with Crippen molar-refractivity contribution in [1.29, 1.82) is 0 Å². The third kappa shape index (κ3) is 7.57. The summed E-state index contributed by atoms with van der Waals surface area (Å²) in [5.41, 5.74) is 6.94. The Morgan fingerprint density at radius 1 is 0.978 bits per heavy atom. The second kappa shape index (κ2) is 15.0. The third-order valence-electron chi connectivity index (χ3n) is 8.65. The van der Waals surface area contributed by atoms with Crippen LogP contribution in [0.25, 0.3) is 0 Å². The lowest BCUT2D eigenvalue weighted by Crippen LogP contribution is -2.49. The van der Waals surface area contributed by atoms with Gasteiger partial charge in [0.1, 0.15) is 0 Å². The summed E-state index contributed by atoms with van der Waals surface area (Å²) < 4.78 is 50.9. The summed E-state index contributed by atoms with van der Waals surface area (Å²) in [6.45, 7) is 5.16. The van der Waals surface area contributed by atoms with Crippen LogP contribution in [0, 0.1) is 0 Å². The van der Waals surface area contributed by atoms with Crippen LogP contribution in [0.2, 0.25) is 0 Å². The number of alkyl halides is 3. The zero-order valence-electron chi connectivity index (χ0n) is 26.2. The number of likely N-dealkylation sites (N-methyl/N-ethyl adjacent to an activating group) is 1. The molecule has 46 heavy (non-hydrogen) atoms. The maximum atomic E-state index is 13.4. The van der Waals surface area contributed by atoms with Crippen molar-refractivity contribution >= 4 is 36.8 Å². The maximum Gasteiger partial charge on any atom is 0.416 e. The summed E-state index contributed by atoms with van der Waals surface area (Å²) in [6, 6.07) is 7.84. The quantitative estimate of drug-likeness (QED) is 0.282. The van der Waals surface area contributed by atoms with Crippen molar-refractivity contribution in [3.8, 4) is 11.5 Å². The molecular weight excluding hydrogens is 650 g/mol. The van der Waals surface area contributed by atoms with Gasteiger partial charge in [-0.3, -0.25) is 4.90 Å². The molecule has 2 heterocycles. The number of hydrogen-bond donors (Lipinski definition) is 3. The van der Waals surface area contributed by atoms with E-state index in [1.807, 2.05) is 12.1 Å². The zero-order chi connectivity index (χ0) is 32.6. The van der Waals surface area contributed by atoms with Gasteiger partial charge < -0.3 is 30.3 Å². The average molecular weight is 691 g/mol. The second-order valence-corrected chi connectivity index (χ2v) is 11.4. The largest absolute Gasteiger partial charge is 0.493 e. The molecule has 0 aromatic heterocycles. The lowest BCUT2D eigenvalue weighted by molar-refractivity contribution is -0.138. The number of methoxy groups -OCH3 is 2. The minimum absolute atomic E-state index is 0. The van der Waals surface area contributed by atoms with Gasteiger partial charge in [0.05, 0.1) is 42.4 Å². The van der Waals surface area contributed by atoms with Crippen LogP contribution < -0.4 is 15.2 Å². The number of nitrogens with zero attached hydrogens (tertiary/aromatic N) is 2. The molecule has 9 nitrogen and oxygen atoms in total. The minimum atomic E-state index is -4.61. The molecule has 0 spiro atoms. The van der Waals surface area contributed by atoms with Gasteiger partial charge in [-0.15, -0.1) is 24.8 Å². The Labute approximate surface area is 278 Å². The van der Waals surface area contributed by atoms with Crippen molar-refractivity contribution in [2.45, 2.75) is 57.3 Å². The monoisotopic (exact) mass is 689 g/mol. The second-order valence-electron chi connectivity index (χ2n) is 11.4. The SMILES string of the molecule is CCC(C)(N)C1=C(C(=O)O)C(c2ccc(C(F)(F)F)cc2)C(C(=O)O)=C(CCN2CCc3cc(OC)c(OC)cc3C2)N1C.Cl.Cl. The first-order valence-corrected chi connectivity index (χ1v) is 14.2. The summed E-state index contributed by atoms with van der Waals surface area (Å²) in [6.07, 6.45) is -3.32. The molecule has 2 aromatic carbocycles. The Morgan fingerprint density at radius 2 is 1.52 bits per heavy atom. The van der Waals surface area contributed by atoms with Gasteiger partial charge in [-0.25, -0.2) is 9.59 Å². The van der Waals surface area contributed by atoms with Crippen molar-refractivity contribution < 1.29 is 42.4 Å². The molecule has 254 valence electrons. The van der Waals surface area contributed by atoms with E-state index in [-0.39, 0.29) is 53.6 Å². The number of rotatable bonds is 10. The molecule has 2 aliphatic rings. The van der Waals surface area contributed by atoms with Crippen LogP contribution in [0.3, 0.4) is 0 Å². The van der Waals surface area contributed by atoms with E-state index in [0.29, 0.717) is 43.3 Å². The number of carboxylic acid groups (broad SMARTS) is 2. The van der Waals surface area contributed by atoms with Crippen molar-refractivity contribution in [2.75, 3.05) is 34.4 Å². The number of benzene rings is 2. The van der Waals surface area contributed by atoms with Crippen LogP contribution in [0.1, 0.15) is 54.9 Å². The first-order chi connectivity index (χ1) is 20.6. The van der Waals surface area contributed by atoms with E-state index in [1.165, 1.54) is 0 Å². The first kappa shape index (κ1) is 38.7. The summed E-state index contributed by atoms with van der Waals surface area (Å²) in [5.74, 6) is -2.85. The van der Waals surface area contributed by atoms with Gasteiger partial charge in [-0.05, 0) is 60.7 Å². The Hall–Kier alpha value is -3.45. The lowest BCUT2D eigenvalue weighted by Gasteiger charge is -2.43. The van der Waals surface area contributed by atoms with Crippen LogP contribution in [-0.4, -0.2) is 71.8 Å². The van der Waals surface area contributed by atoms with Crippen LogP contribution in [-0.2, 0) is 28.7 Å². The molecule has 0 radical (unpaired) electrons. The van der Waals surface area contributed by atoms with Crippen molar-refractivity contribution in [3.63, 3.8) is 0 Å². The first-order valence-electron chi connectivity index (χ1n) is 14.2. The number of carboxylic acids is 2. The zero-order valence-corrected chi connectivity index (χ0v) is 27.9. The fraction of sp³-hybridized carbons (Fsp3) is 0.438. The number of halogens is 5. The highest BCUT2D eigenvalue weighted by Gasteiger charge is 2.45. The predicted octanol–water partition coefficient (Wildman–Crippen LogP) is 5.85. The molecule has 14 heteroatoms. The van der Waals surface area contributed by atoms with Gasteiger partial charge >= 0.3 is 18.1 Å². The van der Waals surface area contributed by atoms with E-state index in [1.54, 1.807) is 40.0 Å². The molecule has 4 rings (SSSR count). The number of aliphatic carboxylic acids is 2. The Morgan fingerprint density at radius 3 is 2.00 bits per heavy atom. The Balaban J connectivity index is 0.00000368. The topological polar surface area (TPSA) is 126 Å². The highest BCUT2D eigenvalue weighted by Crippen LogP contribution is 2.46. The van der Waals surface area contributed by atoms with Crippen molar-refractivity contribution in [1.82, 2.24) is 9.80 Å². The van der Waals surface area contributed by atoms with E-state index >= 15 is 0 Å². The lowest BCUT2D eigenvalue weighted by atomic mass is 9.75. The van der Waals surface area contributed by atoms with E-state index in [0.717, 1.165) is 41.8 Å². The smallest absolute Gasteiger partial charge is 0.416 e. The fourth-order valence-corrected chi connectivity index (χ4v) is 6.17. The molecule has 0 saturated carbocycles. The molecule has 0 bridgehead atoms. The van der Waals surface area contributed by atoms with Gasteiger partial charge in [0.15, 0.2) is 11.5 Å². The normalized spacial score (nSPS) is 18.2. The highest BCUT2D eigenvalue weighted by molar-refractivity contribution is 5.98. The molecule has 4 N–H and O–H groups in total. The van der Waals surface area contributed by atoms with Crippen LogP contribution in [0.15, 0.2) is 58.9 Å². The number of hydrogen-bond acceptors (Lipinski definition) is 7. The molecule has 0 aliphatic carbocycles. The number of fused-ring (bicyclic) bond motifs is 1. The number of ether oxygens (including phenoxy) is 2. The van der Waals surface area contributed by atoms with E-state index in [2.05, 4.69) is 4.90 Å². The minimum Gasteiger partial charge on any atom is -0.493 e. The summed E-state index contributed by atoms with van der Waals surface area (Å²) in [7, 11) is 4.74. The van der Waals surface area contributed by atoms with Crippen LogP contribution in [0.4, 0.5) is 13.2 Å². The number of carbonyl (C=O) groups is 2. The van der Waals surface area contributed by atoms with E-state index in [4.69, 9.17) is 15.2 Å². The van der Waals surface area contributed by atoms with Gasteiger partial charge in [0.25, 0.3) is 0 Å². The van der Waals surface area contributed by atoms with Crippen LogP contribution >= 0.6 is 24.8 Å². The molecular formula is C32H40Cl2F3N3O6. The third-order valence-corrected chi connectivity index (χ3v) is 8.65. The maximum absolute atomic E-state index is 13.4. The van der Waals surface area contributed by atoms with Gasteiger partial charge in [-0.2, -0.15) is 13.2 Å². The van der Waals surface area contributed by atoms with Gasteiger partial charge in [-0.1, -0.05) is 19.1 Å². The van der Waals surface area contributed by atoms with E-state index in [9.17, 15) is 33.0 Å². The molecule has 2 aliphatic heterocycles. The fourth-order valence-electron chi connectivity index (χ4n) is 6.17. The Bertz CT molecular complexity index is 1510. The summed E-state index contributed by atoms with van der Waals surface area (Å²) >= 11 is 0. The molecule has 2 aromatic rings. The van der Waals surface area contributed by atoms with E-state index < -0.39 is 35.1 Å². The van der Waals surface area contributed by atoms with Crippen molar-refractivity contribution in [3.05, 3.63) is 81.2 Å². The molecule has 0 amide bonds. The standard InChI is InChI=1S/C32H38F3N3O6.2ClH/c1-6-31(2,36)28-27(30(41)42)25(18-7-9-21(10-8-18)32(33,34)35)26(29(39)40)22(37(28)3)12-14-38-13-11-19-15-23(43-4)24(44-5)16-20(19)17-38;;/h7-10,15-16,25H,6,11-14,17,36H2,1-5H3,(H,39,40)(H,41,42);2*1H. The molecule has 0 saturated heterocycles. The van der Waals surface area contributed by atoms with Crippen LogP contribution in [0.5, 0.6) is 11.5 Å². The summed E-state index contributed by atoms with van der Waals surface area (Å²) in [5, 5.41) is 20.9.